The number of benzene rings is 1. The molecule has 2 aromatic heterocycles. The first-order chi connectivity index (χ1) is 11.6. The molecule has 0 saturated carbocycles. The summed E-state index contributed by atoms with van der Waals surface area (Å²) in [6.07, 6.45) is 4.10. The maximum Gasteiger partial charge on any atom is 0.673 e. The van der Waals surface area contributed by atoms with Gasteiger partial charge in [-0.05, 0) is 43.5 Å². The minimum absolute atomic E-state index is 0.0253. The highest BCUT2D eigenvalue weighted by molar-refractivity contribution is 6.50. The van der Waals surface area contributed by atoms with Crippen LogP contribution in [-0.4, -0.2) is 19.2 Å². The van der Waals surface area contributed by atoms with Gasteiger partial charge in [-0.1, -0.05) is 0 Å². The summed E-state index contributed by atoms with van der Waals surface area (Å²) >= 11 is 0. The number of halogens is 4. The highest BCUT2D eigenvalue weighted by Crippen LogP contribution is 2.16. The molecule has 3 nitrogen and oxygen atoms in total. The van der Waals surface area contributed by atoms with Gasteiger partial charge in [-0.2, -0.15) is 4.40 Å². The van der Waals surface area contributed by atoms with Crippen molar-refractivity contribution in [2.75, 3.05) is 0 Å². The van der Waals surface area contributed by atoms with Crippen LogP contribution in [0.2, 0.25) is 0 Å². The average Bonchev–Trinajstić information content (AvgIpc) is 2.50. The monoisotopic (exact) mass is 352 g/mol. The van der Waals surface area contributed by atoms with E-state index in [2.05, 4.69) is 28.0 Å². The van der Waals surface area contributed by atoms with Crippen molar-refractivity contribution in [2.45, 2.75) is 19.9 Å². The van der Waals surface area contributed by atoms with Crippen molar-refractivity contribution >= 4 is 29.5 Å². The lowest BCUT2D eigenvalue weighted by Gasteiger charge is -2.08. The van der Waals surface area contributed by atoms with E-state index in [1.807, 2.05) is 50.4 Å². The topological polar surface area (TPSA) is 33.2 Å². The number of nitrogens with one attached hydrogen (secondary N) is 1. The Morgan fingerprint density at radius 2 is 1.72 bits per heavy atom. The maximum absolute atomic E-state index is 12.0. The van der Waals surface area contributed by atoms with Gasteiger partial charge in [-0.15, -0.1) is 0 Å². The molecule has 0 spiro atoms. The van der Waals surface area contributed by atoms with E-state index < -0.39 is 7.25 Å². The van der Waals surface area contributed by atoms with E-state index in [0.29, 0.717) is 5.56 Å². The second kappa shape index (κ2) is 7.50. The fraction of sp³-hybridized carbons (Fsp3) is 0.176. The van der Waals surface area contributed by atoms with E-state index in [1.165, 1.54) is 0 Å². The molecule has 3 rings (SSSR count). The average molecular weight is 352 g/mol. The smallest absolute Gasteiger partial charge is 0.418 e. The fourth-order valence-electron chi connectivity index (χ4n) is 2.32. The molecule has 0 aliphatic carbocycles. The zero-order valence-electron chi connectivity index (χ0n) is 13.7. The van der Waals surface area contributed by atoms with Crippen LogP contribution in [0.3, 0.4) is 0 Å². The number of rotatable bonds is 2. The van der Waals surface area contributed by atoms with Crippen molar-refractivity contribution in [2.24, 2.45) is 0 Å². The third kappa shape index (κ3) is 5.74. The molecule has 8 heteroatoms. The van der Waals surface area contributed by atoms with Crippen molar-refractivity contribution in [1.82, 2.24) is 5.32 Å². The summed E-state index contributed by atoms with van der Waals surface area (Å²) in [5.74, 6) is -0.0253. The van der Waals surface area contributed by atoms with Crippen molar-refractivity contribution in [1.29, 1.82) is 0 Å². The molecule has 0 atom stereocenters. The molecule has 0 fully saturated rings. The Morgan fingerprint density at radius 1 is 1.04 bits per heavy atom. The number of pyridine rings is 2. The fourth-order valence-corrected chi connectivity index (χ4v) is 2.32. The number of hydrogen-bond donors (Lipinski definition) is 1. The molecule has 1 N–H and O–H groups in total. The Bertz CT molecular complexity index is 891. The van der Waals surface area contributed by atoms with Crippen LogP contribution in [0.25, 0.3) is 16.3 Å². The number of amides is 1. The maximum atomic E-state index is 12.0. The zero-order valence-corrected chi connectivity index (χ0v) is 13.7. The van der Waals surface area contributed by atoms with Gasteiger partial charge in [0.15, 0.2) is 12.4 Å². The van der Waals surface area contributed by atoms with Gasteiger partial charge < -0.3 is 22.6 Å². The third-order valence-electron chi connectivity index (χ3n) is 3.27. The van der Waals surface area contributed by atoms with Gasteiger partial charge in [0.2, 0.25) is 5.52 Å². The lowest BCUT2D eigenvalue weighted by molar-refractivity contribution is -0.510. The van der Waals surface area contributed by atoms with Crippen LogP contribution in [0.4, 0.5) is 17.3 Å². The van der Waals surface area contributed by atoms with E-state index >= 15 is 0 Å². The molecule has 3 aromatic rings. The van der Waals surface area contributed by atoms with Gasteiger partial charge in [-0.25, -0.2) is 0 Å². The van der Waals surface area contributed by atoms with Crippen LogP contribution in [0.5, 0.6) is 0 Å². The van der Waals surface area contributed by atoms with E-state index in [4.69, 9.17) is 0 Å². The van der Waals surface area contributed by atoms with Crippen molar-refractivity contribution in [3.63, 3.8) is 0 Å². The van der Waals surface area contributed by atoms with Gasteiger partial charge in [0.1, 0.15) is 0 Å². The molecule has 0 radical (unpaired) electrons. The second-order valence-corrected chi connectivity index (χ2v) is 5.77. The molecule has 132 valence electrons. The molecule has 0 saturated heterocycles. The number of carbonyl (C=O) groups excluding carboxylic acids is 1. The Kier molecular flexibility index (Phi) is 5.61. The van der Waals surface area contributed by atoms with Crippen molar-refractivity contribution in [3.8, 4) is 0 Å². The van der Waals surface area contributed by atoms with Gasteiger partial charge in [0.25, 0.3) is 5.91 Å². The van der Waals surface area contributed by atoms with E-state index in [9.17, 15) is 22.1 Å². The highest BCUT2D eigenvalue weighted by atomic mass is 19.5. The quantitative estimate of drug-likeness (QED) is 0.321. The highest BCUT2D eigenvalue weighted by Gasteiger charge is 2.20. The molecule has 0 aliphatic heterocycles. The normalized spacial score (nSPS) is 11.3. The van der Waals surface area contributed by atoms with E-state index in [0.717, 1.165) is 16.3 Å². The van der Waals surface area contributed by atoms with Gasteiger partial charge in [0, 0.05) is 35.2 Å². The van der Waals surface area contributed by atoms with Crippen LogP contribution in [0.15, 0.2) is 54.9 Å². The number of aromatic nitrogens is 1. The minimum Gasteiger partial charge on any atom is -0.418 e. The molecule has 0 unspecified atom stereocenters. The first-order valence-electron chi connectivity index (χ1n) is 7.65. The number of fused-ring (bicyclic) bond motifs is 2. The minimum atomic E-state index is -6.00. The number of carbonyl (C=O) groups is 1. The summed E-state index contributed by atoms with van der Waals surface area (Å²) in [5, 5.41) is 5.11. The van der Waals surface area contributed by atoms with Crippen LogP contribution < -0.4 is 9.72 Å². The van der Waals surface area contributed by atoms with Crippen molar-refractivity contribution < 1.29 is 26.5 Å². The molecule has 1 aromatic carbocycles. The van der Waals surface area contributed by atoms with Crippen LogP contribution in [-0.2, 0) is 0 Å². The Labute approximate surface area is 142 Å². The van der Waals surface area contributed by atoms with Crippen LogP contribution >= 0.6 is 0 Å². The predicted octanol–water partition coefficient (Wildman–Crippen LogP) is 4.02. The second-order valence-electron chi connectivity index (χ2n) is 5.77. The van der Waals surface area contributed by atoms with Crippen LogP contribution in [0.1, 0.15) is 24.2 Å². The molecule has 1 amide bonds. The number of nitrogens with zero attached hydrogens (tertiary/aromatic N) is 1. The molecule has 0 aliphatic rings. The Hall–Kier alpha value is -2.64. The predicted molar refractivity (Wildman–Crippen MR) is 89.9 cm³/mol. The van der Waals surface area contributed by atoms with Crippen LogP contribution in [0, 0.1) is 0 Å². The van der Waals surface area contributed by atoms with Gasteiger partial charge >= 0.3 is 7.25 Å². The number of hydrogen-bond acceptors (Lipinski definition) is 1. The first-order valence-corrected chi connectivity index (χ1v) is 7.65. The summed E-state index contributed by atoms with van der Waals surface area (Å²) in [7, 11) is -6.00. The zero-order chi connectivity index (χ0) is 18.6. The third-order valence-corrected chi connectivity index (χ3v) is 3.27. The first kappa shape index (κ1) is 18.7. The Balaban J connectivity index is 0.000000399. The summed E-state index contributed by atoms with van der Waals surface area (Å²) in [6, 6.07) is 14.1. The molecular formula is C17H17BF4N2O. The lowest BCUT2D eigenvalue weighted by Crippen LogP contribution is -2.30. The van der Waals surface area contributed by atoms with Gasteiger partial charge in [-0.3, -0.25) is 4.79 Å². The van der Waals surface area contributed by atoms with E-state index in [-0.39, 0.29) is 11.9 Å². The molecular weight excluding hydrogens is 335 g/mol. The van der Waals surface area contributed by atoms with E-state index in [1.54, 1.807) is 0 Å². The molecule has 2 heterocycles. The van der Waals surface area contributed by atoms with Crippen molar-refractivity contribution in [3.05, 3.63) is 60.4 Å². The molecule has 0 bridgehead atoms. The standard InChI is InChI=1S/C17H16N2O.BF4/c1-12(2)18-17(20)13-6-7-14-11-19-8-4-3-5-16(19)10-15(14)9-13;2-1(3,4)5/h3-12H,1-2H3;/q;-1/p+1. The summed E-state index contributed by atoms with van der Waals surface area (Å²) in [6.45, 7) is 3.92. The molecule has 25 heavy (non-hydrogen) atoms. The summed E-state index contributed by atoms with van der Waals surface area (Å²) in [4.78, 5) is 12.0. The Morgan fingerprint density at radius 3 is 2.36 bits per heavy atom. The van der Waals surface area contributed by atoms with Gasteiger partial charge in [0.05, 0.1) is 0 Å². The SMILES string of the molecule is CC(C)NC(=O)c1ccc2c[n+]3ccccc3cc2c1.F[B-](F)(F)F. The lowest BCUT2D eigenvalue weighted by atomic mass is 10.1. The largest absolute Gasteiger partial charge is 0.673 e. The summed E-state index contributed by atoms with van der Waals surface area (Å²) in [5.41, 5.74) is 1.81. The summed E-state index contributed by atoms with van der Waals surface area (Å²) < 4.78 is 41.1.